The standard InChI is InChI=1S/C109H156N8O12/c1-75-45-51-90(80(6)60-75)100-110-101(91-52-46-76(2)61-81(91)7)113-104(112-100)94-55-49-85(64-96(94)119)126-72-84(118)71-123-57-39-33-27-21-17-18-23-29-35-41-59-125-89(74-127-86-50-56-95(97(120)65-86)105-114-102(92-53-47-77(3)62-82(92)8)111-103(115-105)93-54-48-78(4)63-83(93)9)73-124-58-40-34-28-22-19-20-24-30-36-42-79(5)66-109(16)70-88(69-108(14,15)117-109)129-99(122)44-38-32-26-25-31-37-43-98(121)128-87-67-106(10,11)116-107(12,13)68-87/h45-56,60-65,79,84,87-89,116-120H,17-44,57-59,66-74H2,1-16H3. The minimum absolute atomic E-state index is 0.00688. The van der Waals surface area contributed by atoms with Crippen molar-refractivity contribution in [2.24, 2.45) is 5.92 Å². The van der Waals surface area contributed by atoms with Gasteiger partial charge in [-0.15, -0.1) is 0 Å². The number of aromatic hydroxyl groups is 2. The van der Waals surface area contributed by atoms with E-state index >= 15 is 0 Å². The van der Waals surface area contributed by atoms with E-state index in [1.807, 2.05) is 62.4 Å². The number of hydrogen-bond donors (Lipinski definition) is 5. The van der Waals surface area contributed by atoms with Gasteiger partial charge in [-0.2, -0.15) is 0 Å². The number of nitrogens with one attached hydrogen (secondary N) is 2. The number of carbonyl (C=O) groups excluding carboxylic acids is 2. The van der Waals surface area contributed by atoms with Gasteiger partial charge in [-0.05, 0) is 195 Å². The maximum atomic E-state index is 13.2. The fraction of sp³-hybridized carbons (Fsp3) is 0.596. The van der Waals surface area contributed by atoms with Crippen LogP contribution in [-0.2, 0) is 33.3 Å². The highest BCUT2D eigenvalue weighted by Gasteiger charge is 2.43. The van der Waals surface area contributed by atoms with Gasteiger partial charge in [-0.3, -0.25) is 9.59 Å². The first-order valence-electron chi connectivity index (χ1n) is 48.9. The van der Waals surface area contributed by atoms with Crippen LogP contribution in [0.2, 0.25) is 0 Å². The second-order valence-corrected chi connectivity index (χ2v) is 40.1. The highest BCUT2D eigenvalue weighted by molar-refractivity contribution is 5.75. The molecule has 8 aromatic rings. The van der Waals surface area contributed by atoms with Gasteiger partial charge in [0.2, 0.25) is 0 Å². The third kappa shape index (κ3) is 34.7. The zero-order valence-electron chi connectivity index (χ0n) is 81.3. The fourth-order valence-electron chi connectivity index (χ4n) is 19.4. The molecule has 2 fully saturated rings. The van der Waals surface area contributed by atoms with E-state index in [0.29, 0.717) is 103 Å². The number of aromatic nitrogens is 6. The summed E-state index contributed by atoms with van der Waals surface area (Å²) in [5, 5.41) is 41.5. The lowest BCUT2D eigenvalue weighted by Gasteiger charge is -2.48. The predicted octanol–water partition coefficient (Wildman–Crippen LogP) is 24.8. The number of benzene rings is 6. The third-order valence-electron chi connectivity index (χ3n) is 25.3. The zero-order valence-corrected chi connectivity index (χ0v) is 81.3. The molecule has 0 amide bonds. The lowest BCUT2D eigenvalue weighted by molar-refractivity contribution is -0.154. The molecule has 0 radical (unpaired) electrons. The number of unbranched alkanes of at least 4 members (excludes halogenated alkanes) is 22. The lowest BCUT2D eigenvalue weighted by Crippen LogP contribution is -2.61. The molecule has 0 spiro atoms. The van der Waals surface area contributed by atoms with Crippen molar-refractivity contribution in [1.82, 2.24) is 40.5 Å². The molecule has 2 aliphatic heterocycles. The molecule has 6 aromatic carbocycles. The summed E-state index contributed by atoms with van der Waals surface area (Å²) in [5.74, 6) is 4.17. The molecule has 129 heavy (non-hydrogen) atoms. The topological polar surface area (TPSA) is 261 Å². The van der Waals surface area contributed by atoms with E-state index in [1.54, 1.807) is 18.2 Å². The van der Waals surface area contributed by atoms with E-state index in [9.17, 15) is 24.9 Å². The average molecular weight is 1770 g/mol. The summed E-state index contributed by atoms with van der Waals surface area (Å²) in [4.78, 5) is 55.4. The average Bonchev–Trinajstić information content (AvgIpc) is 0.763. The Balaban J connectivity index is 0.591. The normalized spacial score (nSPS) is 16.8. The first kappa shape index (κ1) is 102. The number of nitrogens with zero attached hydrogens (tertiary/aromatic N) is 6. The molecular formula is C109H156N8O12. The Morgan fingerprint density at radius 2 is 0.690 bits per heavy atom. The number of carbonyl (C=O) groups is 2. The molecule has 10 rings (SSSR count). The van der Waals surface area contributed by atoms with Gasteiger partial charge in [0.25, 0.3) is 0 Å². The summed E-state index contributed by atoms with van der Waals surface area (Å²) in [6.45, 7) is 37.1. The van der Waals surface area contributed by atoms with Crippen molar-refractivity contribution in [1.29, 1.82) is 0 Å². The highest BCUT2D eigenvalue weighted by atomic mass is 16.6. The molecule has 2 saturated heterocycles. The minimum Gasteiger partial charge on any atom is -0.507 e. The van der Waals surface area contributed by atoms with Gasteiger partial charge in [0.15, 0.2) is 34.9 Å². The Labute approximate surface area is 772 Å². The van der Waals surface area contributed by atoms with Crippen molar-refractivity contribution >= 4 is 11.9 Å². The number of esters is 2. The number of aryl methyl sites for hydroxylation is 8. The van der Waals surface area contributed by atoms with Gasteiger partial charge >= 0.3 is 11.9 Å². The Morgan fingerprint density at radius 3 is 1.07 bits per heavy atom. The largest absolute Gasteiger partial charge is 0.507 e. The molecule has 20 nitrogen and oxygen atoms in total. The molecule has 704 valence electrons. The van der Waals surface area contributed by atoms with Crippen LogP contribution in [0.1, 0.15) is 312 Å². The molecule has 2 aromatic heterocycles. The van der Waals surface area contributed by atoms with Crippen LogP contribution in [0.4, 0.5) is 0 Å². The zero-order chi connectivity index (χ0) is 92.5. The summed E-state index contributed by atoms with van der Waals surface area (Å²) in [7, 11) is 0. The Kier molecular flexibility index (Phi) is 40.3. The predicted molar refractivity (Wildman–Crippen MR) is 520 cm³/mol. The molecule has 0 saturated carbocycles. The molecule has 5 N–H and O–H groups in total. The molecule has 0 aliphatic carbocycles. The maximum Gasteiger partial charge on any atom is 0.306 e. The number of phenolic OH excluding ortho intramolecular Hbond substituents is 2. The van der Waals surface area contributed by atoms with Crippen molar-refractivity contribution in [2.45, 2.75) is 369 Å². The number of ether oxygens (including phenoxy) is 7. The Bertz CT molecular complexity index is 4680. The minimum atomic E-state index is -0.833. The van der Waals surface area contributed by atoms with Crippen LogP contribution >= 0.6 is 0 Å². The van der Waals surface area contributed by atoms with E-state index in [0.717, 1.165) is 189 Å². The molecule has 2 aliphatic rings. The summed E-state index contributed by atoms with van der Waals surface area (Å²) >= 11 is 0. The van der Waals surface area contributed by atoms with Crippen molar-refractivity contribution in [2.75, 3.05) is 46.2 Å². The van der Waals surface area contributed by atoms with Gasteiger partial charge in [0.1, 0.15) is 60.6 Å². The molecule has 4 heterocycles. The first-order chi connectivity index (χ1) is 61.7. The van der Waals surface area contributed by atoms with Crippen molar-refractivity contribution in [3.8, 4) is 91.3 Å². The van der Waals surface area contributed by atoms with Gasteiger partial charge in [0, 0.05) is 115 Å². The van der Waals surface area contributed by atoms with Crippen LogP contribution in [0, 0.1) is 61.3 Å². The summed E-state index contributed by atoms with van der Waals surface area (Å²) in [6, 6.07) is 35.2. The smallest absolute Gasteiger partial charge is 0.306 e. The van der Waals surface area contributed by atoms with Gasteiger partial charge < -0.3 is 59.1 Å². The van der Waals surface area contributed by atoms with Crippen molar-refractivity contribution in [3.05, 3.63) is 154 Å². The Morgan fingerprint density at radius 1 is 0.372 bits per heavy atom. The van der Waals surface area contributed by atoms with E-state index in [-0.39, 0.29) is 83.7 Å². The summed E-state index contributed by atoms with van der Waals surface area (Å²) in [5.41, 5.74) is 13.0. The first-order valence-corrected chi connectivity index (χ1v) is 48.9. The Hall–Kier alpha value is -8.76. The number of piperidine rings is 2. The van der Waals surface area contributed by atoms with E-state index < -0.39 is 6.10 Å². The lowest BCUT2D eigenvalue weighted by atomic mass is 9.75. The number of aliphatic hydroxyl groups is 1. The van der Waals surface area contributed by atoms with E-state index in [4.69, 9.17) is 63.1 Å². The molecule has 5 unspecified atom stereocenters. The van der Waals surface area contributed by atoms with Crippen molar-refractivity contribution in [3.63, 3.8) is 0 Å². The van der Waals surface area contributed by atoms with Gasteiger partial charge in [-0.1, -0.05) is 237 Å². The molecule has 0 bridgehead atoms. The van der Waals surface area contributed by atoms with Gasteiger partial charge in [0.05, 0.1) is 24.3 Å². The van der Waals surface area contributed by atoms with Gasteiger partial charge in [-0.25, -0.2) is 29.9 Å². The monoisotopic (exact) mass is 1770 g/mol. The van der Waals surface area contributed by atoms with Crippen LogP contribution in [-0.4, -0.2) is 150 Å². The number of phenols is 2. The second kappa shape index (κ2) is 50.8. The van der Waals surface area contributed by atoms with Crippen LogP contribution < -0.4 is 20.1 Å². The fourth-order valence-corrected chi connectivity index (χ4v) is 19.4. The van der Waals surface area contributed by atoms with E-state index in [2.05, 4.69) is 144 Å². The third-order valence-corrected chi connectivity index (χ3v) is 25.3. The van der Waals surface area contributed by atoms with Crippen molar-refractivity contribution < 1.29 is 58.1 Å². The van der Waals surface area contributed by atoms with E-state index in [1.165, 1.54) is 83.1 Å². The SMILES string of the molecule is Cc1ccc(-c2nc(-c3ccc(C)cc3C)nc(-c3ccc(OCC(O)COCCCCCCCCCCCCOC(COCCCCCCCCCCCC(C)CC4(C)CC(OC(=O)CCCCCCCCC(=O)OC5CC(C)(C)NC(C)(C)C5)CC(C)(C)N4)COc4ccc(-c5nc(-c6ccc(C)cc6C)nc(-c6ccc(C)cc6C)n5)c(O)c4)cc3O)n2)c(C)c1. The summed E-state index contributed by atoms with van der Waals surface area (Å²) < 4.78 is 43.2. The summed E-state index contributed by atoms with van der Waals surface area (Å²) in [6.07, 6.45) is 33.0. The van der Waals surface area contributed by atoms with Crippen LogP contribution in [0.25, 0.3) is 68.3 Å². The number of aliphatic hydroxyl groups excluding tert-OH is 1. The van der Waals surface area contributed by atoms with Crippen LogP contribution in [0.15, 0.2) is 109 Å². The quantitative estimate of drug-likeness (QED) is 0.0175. The number of hydrogen-bond acceptors (Lipinski definition) is 20. The molecular weight excluding hydrogens is 1610 g/mol. The van der Waals surface area contributed by atoms with Crippen LogP contribution in [0.5, 0.6) is 23.0 Å². The maximum absolute atomic E-state index is 13.2. The second-order valence-electron chi connectivity index (χ2n) is 40.1. The van der Waals surface area contributed by atoms with Crippen LogP contribution in [0.3, 0.4) is 0 Å². The highest BCUT2D eigenvalue weighted by Crippen LogP contribution is 2.40. The molecule has 20 heteroatoms. The number of rotatable bonds is 55. The molecule has 5 atom stereocenters.